The fourth-order valence-corrected chi connectivity index (χ4v) is 3.47. The van der Waals surface area contributed by atoms with Crippen molar-refractivity contribution in [3.63, 3.8) is 0 Å². The number of nitrogens with zero attached hydrogens (tertiary/aromatic N) is 5. The number of pyridine rings is 1. The molecule has 2 aromatic carbocycles. The summed E-state index contributed by atoms with van der Waals surface area (Å²) in [5, 5.41) is 4.80. The summed E-state index contributed by atoms with van der Waals surface area (Å²) in [6, 6.07) is 20.3. The van der Waals surface area contributed by atoms with Gasteiger partial charge in [0.2, 0.25) is 4.77 Å². The van der Waals surface area contributed by atoms with E-state index in [4.69, 9.17) is 17.3 Å². The van der Waals surface area contributed by atoms with Gasteiger partial charge in [-0.1, -0.05) is 30.3 Å². The average molecular weight is 406 g/mol. The third-order valence-corrected chi connectivity index (χ3v) is 4.93. The third kappa shape index (κ3) is 4.31. The van der Waals surface area contributed by atoms with Gasteiger partial charge in [0.1, 0.15) is 5.82 Å². The van der Waals surface area contributed by atoms with Crippen molar-refractivity contribution in [3.05, 3.63) is 95.3 Å². The first-order valence-electron chi connectivity index (χ1n) is 9.20. The molecule has 0 N–H and O–H groups in total. The largest absolute Gasteiger partial charge is 0.283 e. The lowest BCUT2D eigenvalue weighted by molar-refractivity contribution is 0.244. The summed E-state index contributed by atoms with van der Waals surface area (Å²) in [6.07, 6.45) is 3.49. The molecule has 0 spiro atoms. The quantitative estimate of drug-likeness (QED) is 0.436. The van der Waals surface area contributed by atoms with Crippen LogP contribution >= 0.6 is 12.2 Å². The van der Waals surface area contributed by atoms with Crippen LogP contribution in [0.2, 0.25) is 0 Å². The Morgan fingerprint density at radius 3 is 2.34 bits per heavy atom. The minimum absolute atomic E-state index is 0.234. The van der Waals surface area contributed by atoms with Crippen LogP contribution in [0, 0.1) is 10.6 Å². The van der Waals surface area contributed by atoms with Gasteiger partial charge >= 0.3 is 0 Å². The van der Waals surface area contributed by atoms with Crippen LogP contribution in [-0.4, -0.2) is 31.3 Å². The predicted molar refractivity (Wildman–Crippen MR) is 113 cm³/mol. The van der Waals surface area contributed by atoms with E-state index in [1.165, 1.54) is 12.1 Å². The number of para-hydroxylation sites is 1. The van der Waals surface area contributed by atoms with Gasteiger partial charge < -0.3 is 0 Å². The Morgan fingerprint density at radius 2 is 1.66 bits per heavy atom. The molecule has 0 saturated heterocycles. The molecule has 0 fully saturated rings. The fraction of sp³-hybridized carbons (Fsp3) is 0.136. The van der Waals surface area contributed by atoms with E-state index in [1.54, 1.807) is 24.5 Å². The molecule has 0 unspecified atom stereocenters. The van der Waals surface area contributed by atoms with E-state index in [9.17, 15) is 4.39 Å². The molecule has 0 saturated carbocycles. The van der Waals surface area contributed by atoms with Gasteiger partial charge in [-0.2, -0.15) is 0 Å². The van der Waals surface area contributed by atoms with Gasteiger partial charge in [0.05, 0.1) is 6.67 Å². The second kappa shape index (κ2) is 8.46. The predicted octanol–water partition coefficient (Wildman–Crippen LogP) is 4.69. The highest BCUT2D eigenvalue weighted by Gasteiger charge is 2.15. The second-order valence-corrected chi connectivity index (χ2v) is 7.16. The molecule has 0 atom stereocenters. The summed E-state index contributed by atoms with van der Waals surface area (Å²) in [4.78, 5) is 6.18. The van der Waals surface area contributed by atoms with Gasteiger partial charge in [0.15, 0.2) is 5.82 Å². The Labute approximate surface area is 173 Å². The Morgan fingerprint density at radius 1 is 0.966 bits per heavy atom. The highest BCUT2D eigenvalue weighted by Crippen LogP contribution is 2.22. The van der Waals surface area contributed by atoms with E-state index in [0.29, 0.717) is 18.0 Å². The highest BCUT2D eigenvalue weighted by atomic mass is 32.1. The summed E-state index contributed by atoms with van der Waals surface area (Å²) in [7, 11) is 1.98. The van der Waals surface area contributed by atoms with Crippen molar-refractivity contribution in [2.24, 2.45) is 0 Å². The zero-order chi connectivity index (χ0) is 20.2. The molecule has 2 aromatic heterocycles. The van der Waals surface area contributed by atoms with Crippen LogP contribution in [0.1, 0.15) is 5.56 Å². The maximum absolute atomic E-state index is 13.1. The smallest absolute Gasteiger partial charge is 0.204 e. The standard InChI is InChI=1S/C22H20FN5S/c1-26(15-17-7-9-19(23)10-8-17)16-27-22(29)28(20-5-3-2-4-6-20)21(25-27)18-11-13-24-14-12-18/h2-14H,15-16H2,1H3. The van der Waals surface area contributed by atoms with E-state index >= 15 is 0 Å². The molecule has 0 bridgehead atoms. The van der Waals surface area contributed by atoms with Crippen LogP contribution in [0.3, 0.4) is 0 Å². The third-order valence-electron chi connectivity index (χ3n) is 4.53. The lowest BCUT2D eigenvalue weighted by Gasteiger charge is -2.16. The zero-order valence-electron chi connectivity index (χ0n) is 15.9. The summed E-state index contributed by atoms with van der Waals surface area (Å²) >= 11 is 5.77. The van der Waals surface area contributed by atoms with Crippen molar-refractivity contribution in [2.45, 2.75) is 13.2 Å². The van der Waals surface area contributed by atoms with Crippen LogP contribution in [0.5, 0.6) is 0 Å². The normalized spacial score (nSPS) is 11.1. The van der Waals surface area contributed by atoms with Crippen LogP contribution in [0.25, 0.3) is 17.1 Å². The van der Waals surface area contributed by atoms with E-state index in [2.05, 4.69) is 9.88 Å². The topological polar surface area (TPSA) is 38.9 Å². The molecule has 0 amide bonds. The molecule has 4 rings (SSSR count). The Bertz CT molecular complexity index is 1140. The van der Waals surface area contributed by atoms with Crippen LogP contribution in [-0.2, 0) is 13.2 Å². The zero-order valence-corrected chi connectivity index (χ0v) is 16.8. The number of hydrogen-bond donors (Lipinski definition) is 0. The molecular weight excluding hydrogens is 385 g/mol. The number of rotatable bonds is 6. The van der Waals surface area contributed by atoms with E-state index in [-0.39, 0.29) is 5.82 Å². The molecule has 0 aliphatic heterocycles. The Kier molecular flexibility index (Phi) is 5.59. The van der Waals surface area contributed by atoms with Crippen molar-refractivity contribution < 1.29 is 4.39 Å². The minimum atomic E-state index is -0.234. The fourth-order valence-electron chi connectivity index (χ4n) is 3.18. The van der Waals surface area contributed by atoms with Gasteiger partial charge in [-0.25, -0.2) is 9.07 Å². The lowest BCUT2D eigenvalue weighted by Crippen LogP contribution is -2.22. The Hall–Kier alpha value is -3.16. The van der Waals surface area contributed by atoms with Crippen LogP contribution in [0.4, 0.5) is 4.39 Å². The summed E-state index contributed by atoms with van der Waals surface area (Å²) in [5.74, 6) is 0.529. The molecule has 29 heavy (non-hydrogen) atoms. The van der Waals surface area contributed by atoms with Gasteiger partial charge in [0, 0.05) is 30.2 Å². The number of hydrogen-bond acceptors (Lipinski definition) is 4. The maximum Gasteiger partial charge on any atom is 0.204 e. The Balaban J connectivity index is 1.68. The van der Waals surface area contributed by atoms with Gasteiger partial charge in [-0.05, 0) is 61.2 Å². The summed E-state index contributed by atoms with van der Waals surface area (Å²) in [5.41, 5.74) is 2.92. The molecular formula is C22H20FN5S. The molecule has 0 radical (unpaired) electrons. The molecule has 0 aliphatic rings. The molecule has 5 nitrogen and oxygen atoms in total. The molecule has 7 heteroatoms. The van der Waals surface area contributed by atoms with E-state index in [1.807, 2.05) is 58.8 Å². The van der Waals surface area contributed by atoms with Crippen LogP contribution in [0.15, 0.2) is 79.1 Å². The number of halogens is 1. The van der Waals surface area contributed by atoms with E-state index < -0.39 is 0 Å². The van der Waals surface area contributed by atoms with Gasteiger partial charge in [-0.3, -0.25) is 14.5 Å². The summed E-state index contributed by atoms with van der Waals surface area (Å²) in [6.45, 7) is 1.17. The number of benzene rings is 2. The molecule has 0 aliphatic carbocycles. The molecule has 146 valence electrons. The van der Waals surface area contributed by atoms with Crippen LogP contribution < -0.4 is 0 Å². The van der Waals surface area contributed by atoms with Crippen molar-refractivity contribution in [2.75, 3.05) is 7.05 Å². The van der Waals surface area contributed by atoms with Crippen molar-refractivity contribution in [1.82, 2.24) is 24.2 Å². The first kappa shape index (κ1) is 19.2. The van der Waals surface area contributed by atoms with E-state index in [0.717, 1.165) is 22.6 Å². The van der Waals surface area contributed by atoms with Crippen molar-refractivity contribution >= 4 is 12.2 Å². The highest BCUT2D eigenvalue weighted by molar-refractivity contribution is 7.71. The van der Waals surface area contributed by atoms with Gasteiger partial charge in [0.25, 0.3) is 0 Å². The second-order valence-electron chi connectivity index (χ2n) is 6.79. The van der Waals surface area contributed by atoms with Crippen molar-refractivity contribution in [1.29, 1.82) is 0 Å². The first-order chi connectivity index (χ1) is 14.1. The summed E-state index contributed by atoms with van der Waals surface area (Å²) < 4.78 is 17.5. The molecule has 2 heterocycles. The van der Waals surface area contributed by atoms with Crippen molar-refractivity contribution in [3.8, 4) is 17.1 Å². The lowest BCUT2D eigenvalue weighted by atomic mass is 10.2. The monoisotopic (exact) mass is 405 g/mol. The maximum atomic E-state index is 13.1. The minimum Gasteiger partial charge on any atom is -0.283 e. The average Bonchev–Trinajstić information content (AvgIpc) is 3.07. The first-order valence-corrected chi connectivity index (χ1v) is 9.61. The molecule has 4 aromatic rings. The number of aromatic nitrogens is 4. The SMILES string of the molecule is CN(Cc1ccc(F)cc1)Cn1nc(-c2ccncc2)n(-c2ccccc2)c1=S. The van der Waals surface area contributed by atoms with Gasteiger partial charge in [-0.15, -0.1) is 5.10 Å².